The van der Waals surface area contributed by atoms with Crippen LogP contribution in [-0.4, -0.2) is 66.7 Å². The zero-order chi connectivity index (χ0) is 19.1. The standard InChI is InChI=1S/C18H30N4O3S/c1-13(2)11-17(23)20-6-8-21(9-7-20)18-14(3)19-22(15(18)4)16-5-10-26(24,25)12-16/h13,16H,5-12H2,1-4H3. The summed E-state index contributed by atoms with van der Waals surface area (Å²) < 4.78 is 25.5. The summed E-state index contributed by atoms with van der Waals surface area (Å²) in [7, 11) is -2.93. The fourth-order valence-corrected chi connectivity index (χ4v) is 5.79. The second-order valence-corrected chi connectivity index (χ2v) is 10.2. The van der Waals surface area contributed by atoms with Gasteiger partial charge in [-0.25, -0.2) is 8.42 Å². The molecule has 3 heterocycles. The molecule has 0 saturated carbocycles. The predicted molar refractivity (Wildman–Crippen MR) is 102 cm³/mol. The summed E-state index contributed by atoms with van der Waals surface area (Å²) in [5.74, 6) is 1.05. The summed E-state index contributed by atoms with van der Waals surface area (Å²) >= 11 is 0. The van der Waals surface area contributed by atoms with Crippen molar-refractivity contribution in [3.05, 3.63) is 11.4 Å². The second kappa shape index (κ2) is 7.21. The van der Waals surface area contributed by atoms with Crippen LogP contribution in [-0.2, 0) is 14.6 Å². The number of piperazine rings is 1. The molecule has 2 fully saturated rings. The van der Waals surface area contributed by atoms with Crippen LogP contribution in [0.5, 0.6) is 0 Å². The van der Waals surface area contributed by atoms with Gasteiger partial charge in [-0.2, -0.15) is 5.10 Å². The Hall–Kier alpha value is -1.57. The van der Waals surface area contributed by atoms with Crippen molar-refractivity contribution >= 4 is 21.4 Å². The van der Waals surface area contributed by atoms with Crippen LogP contribution in [0.3, 0.4) is 0 Å². The molecule has 26 heavy (non-hydrogen) atoms. The van der Waals surface area contributed by atoms with E-state index in [4.69, 9.17) is 0 Å². The number of anilines is 1. The maximum absolute atomic E-state index is 12.3. The monoisotopic (exact) mass is 382 g/mol. The molecule has 1 unspecified atom stereocenters. The third-order valence-corrected chi connectivity index (χ3v) is 7.12. The number of carbonyl (C=O) groups excluding carboxylic acids is 1. The zero-order valence-electron chi connectivity index (χ0n) is 16.2. The molecule has 1 aromatic rings. The maximum atomic E-state index is 12.3. The molecule has 0 radical (unpaired) electrons. The SMILES string of the molecule is Cc1nn(C2CCS(=O)(=O)C2)c(C)c1N1CCN(C(=O)CC(C)C)CC1. The summed E-state index contributed by atoms with van der Waals surface area (Å²) in [6.45, 7) is 11.2. The number of hydrogen-bond acceptors (Lipinski definition) is 5. The van der Waals surface area contributed by atoms with Crippen LogP contribution >= 0.6 is 0 Å². The van der Waals surface area contributed by atoms with Crippen molar-refractivity contribution in [2.45, 2.75) is 46.6 Å². The van der Waals surface area contributed by atoms with Gasteiger partial charge in [0.1, 0.15) is 0 Å². The number of amides is 1. The number of carbonyl (C=O) groups is 1. The van der Waals surface area contributed by atoms with Gasteiger partial charge >= 0.3 is 0 Å². The first-order valence-corrected chi connectivity index (χ1v) is 11.3. The summed E-state index contributed by atoms with van der Waals surface area (Å²) in [4.78, 5) is 16.5. The minimum atomic E-state index is -2.93. The van der Waals surface area contributed by atoms with Crippen LogP contribution in [0.25, 0.3) is 0 Å². The topological polar surface area (TPSA) is 75.5 Å². The van der Waals surface area contributed by atoms with Crippen molar-refractivity contribution in [1.82, 2.24) is 14.7 Å². The van der Waals surface area contributed by atoms with E-state index < -0.39 is 9.84 Å². The zero-order valence-corrected chi connectivity index (χ0v) is 17.0. The van der Waals surface area contributed by atoms with E-state index in [9.17, 15) is 13.2 Å². The van der Waals surface area contributed by atoms with Gasteiger partial charge in [-0.05, 0) is 26.2 Å². The maximum Gasteiger partial charge on any atom is 0.222 e. The molecule has 2 aliphatic rings. The van der Waals surface area contributed by atoms with Gasteiger partial charge in [-0.15, -0.1) is 0 Å². The highest BCUT2D eigenvalue weighted by molar-refractivity contribution is 7.91. The van der Waals surface area contributed by atoms with Crippen LogP contribution in [0.4, 0.5) is 5.69 Å². The molecular weight excluding hydrogens is 352 g/mol. The van der Waals surface area contributed by atoms with Gasteiger partial charge in [-0.3, -0.25) is 9.48 Å². The molecule has 146 valence electrons. The molecule has 1 atom stereocenters. The fourth-order valence-electron chi connectivity index (χ4n) is 4.09. The fraction of sp³-hybridized carbons (Fsp3) is 0.778. The lowest BCUT2D eigenvalue weighted by Crippen LogP contribution is -2.49. The van der Waals surface area contributed by atoms with E-state index in [2.05, 4.69) is 23.8 Å². The Morgan fingerprint density at radius 1 is 1.19 bits per heavy atom. The van der Waals surface area contributed by atoms with Gasteiger partial charge in [-0.1, -0.05) is 13.8 Å². The van der Waals surface area contributed by atoms with Gasteiger partial charge in [0.05, 0.1) is 34.6 Å². The van der Waals surface area contributed by atoms with Gasteiger partial charge in [0.15, 0.2) is 9.84 Å². The molecule has 1 amide bonds. The average Bonchev–Trinajstić information content (AvgIpc) is 3.06. The minimum Gasteiger partial charge on any atom is -0.365 e. The van der Waals surface area contributed by atoms with E-state index >= 15 is 0 Å². The molecule has 7 nitrogen and oxygen atoms in total. The van der Waals surface area contributed by atoms with E-state index in [1.54, 1.807) is 0 Å². The average molecular weight is 383 g/mol. The Morgan fingerprint density at radius 2 is 1.85 bits per heavy atom. The molecule has 0 spiro atoms. The van der Waals surface area contributed by atoms with E-state index in [0.717, 1.165) is 43.3 Å². The van der Waals surface area contributed by atoms with Gasteiger partial charge < -0.3 is 9.80 Å². The molecule has 2 aliphatic heterocycles. The summed E-state index contributed by atoms with van der Waals surface area (Å²) in [6, 6.07) is -0.0543. The van der Waals surface area contributed by atoms with Gasteiger partial charge in [0, 0.05) is 32.6 Å². The van der Waals surface area contributed by atoms with Crippen LogP contribution in [0.1, 0.15) is 44.1 Å². The first-order chi connectivity index (χ1) is 12.2. The first kappa shape index (κ1) is 19.2. The second-order valence-electron chi connectivity index (χ2n) is 7.99. The molecular formula is C18H30N4O3S. The molecule has 2 saturated heterocycles. The van der Waals surface area contributed by atoms with Crippen LogP contribution in [0.15, 0.2) is 0 Å². The molecule has 0 aliphatic carbocycles. The van der Waals surface area contributed by atoms with Crippen molar-refractivity contribution in [2.24, 2.45) is 5.92 Å². The largest absolute Gasteiger partial charge is 0.365 e. The lowest BCUT2D eigenvalue weighted by molar-refractivity contribution is -0.132. The summed E-state index contributed by atoms with van der Waals surface area (Å²) in [6.07, 6.45) is 1.24. The van der Waals surface area contributed by atoms with E-state index in [1.165, 1.54) is 0 Å². The van der Waals surface area contributed by atoms with E-state index in [0.29, 0.717) is 18.8 Å². The Morgan fingerprint density at radius 3 is 2.38 bits per heavy atom. The van der Waals surface area contributed by atoms with Crippen LogP contribution < -0.4 is 4.90 Å². The highest BCUT2D eigenvalue weighted by Crippen LogP contribution is 2.31. The van der Waals surface area contributed by atoms with Crippen molar-refractivity contribution in [3.8, 4) is 0 Å². The molecule has 8 heteroatoms. The molecule has 0 bridgehead atoms. The van der Waals surface area contributed by atoms with Crippen molar-refractivity contribution in [2.75, 3.05) is 42.6 Å². The van der Waals surface area contributed by atoms with Crippen LogP contribution in [0, 0.1) is 19.8 Å². The lowest BCUT2D eigenvalue weighted by atomic mass is 10.1. The first-order valence-electron chi connectivity index (χ1n) is 9.47. The molecule has 0 N–H and O–H groups in total. The van der Waals surface area contributed by atoms with Crippen molar-refractivity contribution in [3.63, 3.8) is 0 Å². The number of sulfone groups is 1. The Bertz CT molecular complexity index is 777. The number of nitrogens with zero attached hydrogens (tertiary/aromatic N) is 4. The Balaban J connectivity index is 1.70. The highest BCUT2D eigenvalue weighted by atomic mass is 32.2. The normalized spacial score (nSPS) is 23.0. The summed E-state index contributed by atoms with van der Waals surface area (Å²) in [5, 5.41) is 4.66. The molecule has 0 aromatic carbocycles. The Kier molecular flexibility index (Phi) is 5.33. The van der Waals surface area contributed by atoms with Crippen molar-refractivity contribution < 1.29 is 13.2 Å². The number of rotatable bonds is 4. The summed E-state index contributed by atoms with van der Waals surface area (Å²) in [5.41, 5.74) is 3.07. The third kappa shape index (κ3) is 3.89. The molecule has 3 rings (SSSR count). The Labute approximate surface area is 156 Å². The predicted octanol–water partition coefficient (Wildman–Crippen LogP) is 1.55. The smallest absolute Gasteiger partial charge is 0.222 e. The number of aromatic nitrogens is 2. The number of hydrogen-bond donors (Lipinski definition) is 0. The number of aryl methyl sites for hydroxylation is 1. The van der Waals surface area contributed by atoms with Crippen molar-refractivity contribution in [1.29, 1.82) is 0 Å². The minimum absolute atomic E-state index is 0.0543. The van der Waals surface area contributed by atoms with Gasteiger partial charge in [0.25, 0.3) is 0 Å². The lowest BCUT2D eigenvalue weighted by Gasteiger charge is -2.36. The quantitative estimate of drug-likeness (QED) is 0.790. The van der Waals surface area contributed by atoms with Crippen LogP contribution in [0.2, 0.25) is 0 Å². The van der Waals surface area contributed by atoms with Gasteiger partial charge in [0.2, 0.25) is 5.91 Å². The molecule has 1 aromatic heterocycles. The van der Waals surface area contributed by atoms with E-state index in [-0.39, 0.29) is 23.5 Å². The highest BCUT2D eigenvalue weighted by Gasteiger charge is 2.33. The third-order valence-electron chi connectivity index (χ3n) is 5.37. The van der Waals surface area contributed by atoms with E-state index in [1.807, 2.05) is 23.4 Å².